The zero-order valence-corrected chi connectivity index (χ0v) is 18.3. The number of benzene rings is 3. The molecule has 1 aliphatic heterocycles. The predicted molar refractivity (Wildman–Crippen MR) is 124 cm³/mol. The van der Waals surface area contributed by atoms with E-state index in [-0.39, 0.29) is 5.78 Å². The Morgan fingerprint density at radius 3 is 2.55 bits per heavy atom. The number of nitrogens with two attached hydrogens (primary N) is 1. The molecule has 1 heterocycles. The van der Waals surface area contributed by atoms with Crippen LogP contribution in [0.25, 0.3) is 11.1 Å². The molecule has 0 saturated heterocycles. The van der Waals surface area contributed by atoms with Gasteiger partial charge in [0.15, 0.2) is 5.78 Å². The van der Waals surface area contributed by atoms with Crippen molar-refractivity contribution >= 4 is 11.7 Å². The van der Waals surface area contributed by atoms with E-state index in [9.17, 15) is 4.79 Å². The van der Waals surface area contributed by atoms with Gasteiger partial charge in [0, 0.05) is 18.2 Å². The zero-order chi connectivity index (χ0) is 22.2. The summed E-state index contributed by atoms with van der Waals surface area (Å²) in [6, 6.07) is 21.8. The van der Waals surface area contributed by atoms with Crippen molar-refractivity contribution in [3.8, 4) is 11.1 Å². The van der Waals surface area contributed by atoms with Gasteiger partial charge in [0.25, 0.3) is 0 Å². The summed E-state index contributed by atoms with van der Waals surface area (Å²) < 4.78 is 0. The predicted octanol–water partition coefficient (Wildman–Crippen LogP) is 4.61. The van der Waals surface area contributed by atoms with E-state index in [0.29, 0.717) is 23.7 Å². The van der Waals surface area contributed by atoms with Crippen molar-refractivity contribution in [1.82, 2.24) is 5.06 Å². The van der Waals surface area contributed by atoms with Crippen LogP contribution in [0.1, 0.15) is 39.5 Å². The van der Waals surface area contributed by atoms with E-state index in [2.05, 4.69) is 36.2 Å². The van der Waals surface area contributed by atoms with E-state index < -0.39 is 5.54 Å². The zero-order valence-electron chi connectivity index (χ0n) is 18.3. The molecule has 0 spiro atoms. The second-order valence-corrected chi connectivity index (χ2v) is 8.27. The number of carbonyl (C=O) groups is 1. The molecule has 0 fully saturated rings. The van der Waals surface area contributed by atoms with Gasteiger partial charge in [-0.1, -0.05) is 66.2 Å². The molecular formula is C26H27N3O2. The average molecular weight is 414 g/mol. The molecule has 1 aliphatic rings. The van der Waals surface area contributed by atoms with Crippen LogP contribution in [-0.4, -0.2) is 30.5 Å². The Kier molecular flexibility index (Phi) is 5.38. The monoisotopic (exact) mass is 413 g/mol. The van der Waals surface area contributed by atoms with Gasteiger partial charge < -0.3 is 5.73 Å². The fourth-order valence-electron chi connectivity index (χ4n) is 3.95. The van der Waals surface area contributed by atoms with Crippen molar-refractivity contribution in [1.29, 1.82) is 0 Å². The topological polar surface area (TPSA) is 67.9 Å². The van der Waals surface area contributed by atoms with Crippen LogP contribution in [-0.2, 0) is 10.4 Å². The molecule has 2 N–H and O–H groups in total. The van der Waals surface area contributed by atoms with E-state index in [1.165, 1.54) is 10.6 Å². The number of nitrogens with zero attached hydrogens (tertiary/aromatic N) is 2. The van der Waals surface area contributed by atoms with Gasteiger partial charge in [-0.2, -0.15) is 0 Å². The van der Waals surface area contributed by atoms with Crippen molar-refractivity contribution < 1.29 is 9.63 Å². The SMILES string of the molecule is Cc1cccc(-c2cccc(C(=O)c3cccc(C4(C)CON(C)C(N)=N4)c3)c2C)c1. The summed E-state index contributed by atoms with van der Waals surface area (Å²) in [4.78, 5) is 23.7. The molecule has 0 aliphatic carbocycles. The third-order valence-electron chi connectivity index (χ3n) is 5.88. The second-order valence-electron chi connectivity index (χ2n) is 8.27. The smallest absolute Gasteiger partial charge is 0.216 e. The summed E-state index contributed by atoms with van der Waals surface area (Å²) in [7, 11) is 1.72. The molecule has 3 aromatic carbocycles. The first-order valence-corrected chi connectivity index (χ1v) is 10.3. The summed E-state index contributed by atoms with van der Waals surface area (Å²) in [6.07, 6.45) is 0. The quantitative estimate of drug-likeness (QED) is 0.635. The van der Waals surface area contributed by atoms with Crippen molar-refractivity contribution in [3.63, 3.8) is 0 Å². The molecule has 5 heteroatoms. The first-order chi connectivity index (χ1) is 14.8. The van der Waals surface area contributed by atoms with Crippen molar-refractivity contribution in [2.24, 2.45) is 10.7 Å². The number of ketones is 1. The van der Waals surface area contributed by atoms with Crippen molar-refractivity contribution in [3.05, 3.63) is 94.5 Å². The summed E-state index contributed by atoms with van der Waals surface area (Å²) in [5, 5.41) is 1.46. The lowest BCUT2D eigenvalue weighted by Gasteiger charge is -2.34. The number of aryl methyl sites for hydroxylation is 1. The van der Waals surface area contributed by atoms with Gasteiger partial charge in [0.2, 0.25) is 5.96 Å². The number of guanidine groups is 1. The molecule has 3 aromatic rings. The van der Waals surface area contributed by atoms with Crippen LogP contribution in [0.3, 0.4) is 0 Å². The molecule has 5 nitrogen and oxygen atoms in total. The summed E-state index contributed by atoms with van der Waals surface area (Å²) in [5.74, 6) is 0.301. The van der Waals surface area contributed by atoms with Gasteiger partial charge in [-0.05, 0) is 49.1 Å². The molecule has 31 heavy (non-hydrogen) atoms. The first-order valence-electron chi connectivity index (χ1n) is 10.3. The fourth-order valence-corrected chi connectivity index (χ4v) is 3.95. The van der Waals surface area contributed by atoms with Gasteiger partial charge in [-0.3, -0.25) is 9.63 Å². The number of carbonyl (C=O) groups excluding carboxylic acids is 1. The number of rotatable bonds is 4. The Morgan fingerprint density at radius 1 is 1.06 bits per heavy atom. The minimum Gasteiger partial charge on any atom is -0.368 e. The maximum Gasteiger partial charge on any atom is 0.216 e. The molecule has 1 unspecified atom stereocenters. The van der Waals surface area contributed by atoms with E-state index in [1.807, 2.05) is 56.3 Å². The standard InChI is InChI=1S/C26H27N3O2/c1-17-8-5-9-19(14-17)22-12-7-13-23(18(22)2)24(30)20-10-6-11-21(15-20)26(3)16-31-29(4)25(27)28-26/h5-15H,16H2,1-4H3,(H2,27,28). The van der Waals surface area contributed by atoms with Gasteiger partial charge >= 0.3 is 0 Å². The molecule has 1 atom stereocenters. The molecule has 4 rings (SSSR count). The van der Waals surface area contributed by atoms with Gasteiger partial charge in [0.05, 0.1) is 0 Å². The number of hydroxylamine groups is 2. The molecule has 0 aromatic heterocycles. The molecule has 0 amide bonds. The number of hydrogen-bond donors (Lipinski definition) is 1. The average Bonchev–Trinajstić information content (AvgIpc) is 2.76. The lowest BCUT2D eigenvalue weighted by atomic mass is 9.88. The van der Waals surface area contributed by atoms with Gasteiger partial charge in [-0.25, -0.2) is 10.1 Å². The van der Waals surface area contributed by atoms with E-state index in [0.717, 1.165) is 22.3 Å². The Balaban J connectivity index is 1.72. The third-order valence-corrected chi connectivity index (χ3v) is 5.88. The van der Waals surface area contributed by atoms with E-state index in [4.69, 9.17) is 10.6 Å². The van der Waals surface area contributed by atoms with Crippen molar-refractivity contribution in [2.45, 2.75) is 26.3 Å². The molecule has 158 valence electrons. The molecular weight excluding hydrogens is 386 g/mol. The number of hydrogen-bond acceptors (Lipinski definition) is 5. The minimum atomic E-state index is -0.647. The number of aliphatic imine (C=N–C) groups is 1. The van der Waals surface area contributed by atoms with Crippen LogP contribution >= 0.6 is 0 Å². The maximum absolute atomic E-state index is 13.5. The lowest BCUT2D eigenvalue weighted by molar-refractivity contribution is -0.113. The van der Waals surface area contributed by atoms with E-state index >= 15 is 0 Å². The third kappa shape index (κ3) is 3.97. The van der Waals surface area contributed by atoms with Crippen LogP contribution in [0.4, 0.5) is 0 Å². The van der Waals surface area contributed by atoms with Crippen LogP contribution < -0.4 is 5.73 Å². The summed E-state index contributed by atoms with van der Waals surface area (Å²) in [5.41, 5.74) is 11.9. The van der Waals surface area contributed by atoms with E-state index in [1.54, 1.807) is 7.05 Å². The highest BCUT2D eigenvalue weighted by Gasteiger charge is 2.32. The summed E-state index contributed by atoms with van der Waals surface area (Å²) in [6.45, 7) is 6.39. The van der Waals surface area contributed by atoms with Crippen LogP contribution in [0.15, 0.2) is 71.7 Å². The Morgan fingerprint density at radius 2 is 1.81 bits per heavy atom. The molecule has 0 bridgehead atoms. The minimum absolute atomic E-state index is 0.0109. The highest BCUT2D eigenvalue weighted by Crippen LogP contribution is 2.31. The van der Waals surface area contributed by atoms with Gasteiger partial charge in [-0.15, -0.1) is 0 Å². The Labute approximate surface area is 183 Å². The lowest BCUT2D eigenvalue weighted by Crippen LogP contribution is -2.45. The highest BCUT2D eigenvalue weighted by atomic mass is 16.7. The fraction of sp³-hybridized carbons (Fsp3) is 0.231. The second kappa shape index (κ2) is 8.00. The van der Waals surface area contributed by atoms with Crippen LogP contribution in [0, 0.1) is 13.8 Å². The van der Waals surface area contributed by atoms with Crippen LogP contribution in [0.5, 0.6) is 0 Å². The molecule has 0 radical (unpaired) electrons. The Hall–Kier alpha value is -3.44. The first kappa shape index (κ1) is 20.8. The maximum atomic E-state index is 13.5. The molecule has 0 saturated carbocycles. The normalized spacial score (nSPS) is 18.6. The summed E-state index contributed by atoms with van der Waals surface area (Å²) >= 11 is 0. The Bertz CT molecular complexity index is 1180. The van der Waals surface area contributed by atoms with Gasteiger partial charge in [0.1, 0.15) is 12.1 Å². The highest BCUT2D eigenvalue weighted by molar-refractivity contribution is 6.10. The van der Waals surface area contributed by atoms with Crippen LogP contribution in [0.2, 0.25) is 0 Å². The largest absolute Gasteiger partial charge is 0.368 e. The van der Waals surface area contributed by atoms with Crippen molar-refractivity contribution in [2.75, 3.05) is 13.7 Å².